The van der Waals surface area contributed by atoms with Crippen LogP contribution in [0.15, 0.2) is 200 Å². The Kier molecular flexibility index (Phi) is 7.90. The lowest BCUT2D eigenvalue weighted by Gasteiger charge is -2.34. The van der Waals surface area contributed by atoms with Crippen molar-refractivity contribution in [2.24, 2.45) is 0 Å². The van der Waals surface area contributed by atoms with Crippen molar-refractivity contribution in [1.29, 1.82) is 0 Å². The molecule has 0 aliphatic heterocycles. The van der Waals surface area contributed by atoms with Crippen LogP contribution in [0.25, 0.3) is 33.4 Å². The number of fused-ring (bicyclic) bond motifs is 3. The largest absolute Gasteiger partial charge is 0.310 e. The average Bonchev–Trinajstić information content (AvgIpc) is 3.50. The highest BCUT2D eigenvalue weighted by Gasteiger charge is 2.46. The Balaban J connectivity index is 1.15. The fourth-order valence-electron chi connectivity index (χ4n) is 8.39. The summed E-state index contributed by atoms with van der Waals surface area (Å²) in [5, 5.41) is 0. The summed E-state index contributed by atoms with van der Waals surface area (Å²) >= 11 is 0. The van der Waals surface area contributed by atoms with Crippen LogP contribution in [0.3, 0.4) is 0 Å². The Morgan fingerprint density at radius 2 is 0.769 bits per heavy atom. The van der Waals surface area contributed by atoms with Gasteiger partial charge >= 0.3 is 0 Å². The molecule has 1 heteroatoms. The molecule has 0 atom stereocenters. The second-order valence-corrected chi connectivity index (χ2v) is 13.9. The SMILES string of the molecule is Cc1cc(C)cc(N(c2ccc(-c3ccccc3)cc2)c2ccc(-c3ccc4c(c3)C(c3ccccc3)(c3ccccc3)c3ccccc3-4)cc2)c1. The van der Waals surface area contributed by atoms with Crippen molar-refractivity contribution in [3.63, 3.8) is 0 Å². The van der Waals surface area contributed by atoms with Crippen LogP contribution in [0.4, 0.5) is 17.1 Å². The van der Waals surface area contributed by atoms with Gasteiger partial charge in [-0.15, -0.1) is 0 Å². The zero-order valence-electron chi connectivity index (χ0n) is 29.5. The third kappa shape index (κ3) is 5.34. The summed E-state index contributed by atoms with van der Waals surface area (Å²) in [7, 11) is 0. The van der Waals surface area contributed by atoms with Crippen molar-refractivity contribution in [2.75, 3.05) is 4.90 Å². The van der Waals surface area contributed by atoms with E-state index in [1.807, 2.05) is 0 Å². The van der Waals surface area contributed by atoms with Gasteiger partial charge in [0.05, 0.1) is 5.41 Å². The van der Waals surface area contributed by atoms with Gasteiger partial charge in [0.2, 0.25) is 0 Å². The van der Waals surface area contributed by atoms with Crippen molar-refractivity contribution in [1.82, 2.24) is 0 Å². The van der Waals surface area contributed by atoms with Crippen LogP contribution in [0, 0.1) is 13.8 Å². The van der Waals surface area contributed by atoms with Crippen LogP contribution in [0.2, 0.25) is 0 Å². The van der Waals surface area contributed by atoms with Crippen LogP contribution in [-0.4, -0.2) is 0 Å². The maximum absolute atomic E-state index is 2.44. The highest BCUT2D eigenvalue weighted by atomic mass is 15.1. The summed E-state index contributed by atoms with van der Waals surface area (Å²) in [4.78, 5) is 2.37. The summed E-state index contributed by atoms with van der Waals surface area (Å²) in [5.41, 5.74) is 18.1. The standard InChI is InChI=1S/C51H39N/c1-36-32-37(2)34-46(33-36)52(44-27-22-39(23-28-44)38-14-6-3-7-15-38)45-29-24-40(25-30-45)41-26-31-48-47-20-12-13-21-49(47)51(50(48)35-41,42-16-8-4-9-17-42)43-18-10-5-11-19-43/h3-35H,1-2H3. The number of nitrogens with zero attached hydrogens (tertiary/aromatic N) is 1. The molecule has 0 amide bonds. The summed E-state index contributed by atoms with van der Waals surface area (Å²) < 4.78 is 0. The Morgan fingerprint density at radius 3 is 1.35 bits per heavy atom. The molecule has 1 aliphatic carbocycles. The van der Waals surface area contributed by atoms with Crippen molar-refractivity contribution in [3.8, 4) is 33.4 Å². The summed E-state index contributed by atoms with van der Waals surface area (Å²) in [6.07, 6.45) is 0. The van der Waals surface area contributed by atoms with Gasteiger partial charge in [0.1, 0.15) is 0 Å². The van der Waals surface area contributed by atoms with Crippen molar-refractivity contribution in [2.45, 2.75) is 19.3 Å². The smallest absolute Gasteiger partial charge is 0.0713 e. The quantitative estimate of drug-likeness (QED) is 0.164. The molecule has 0 bridgehead atoms. The molecular weight excluding hydrogens is 627 g/mol. The zero-order valence-corrected chi connectivity index (χ0v) is 29.5. The van der Waals surface area contributed by atoms with E-state index in [1.54, 1.807) is 0 Å². The van der Waals surface area contributed by atoms with E-state index in [9.17, 15) is 0 Å². The molecule has 0 spiro atoms. The first kappa shape index (κ1) is 31.5. The van der Waals surface area contributed by atoms with E-state index in [0.717, 1.165) is 17.1 Å². The average molecular weight is 666 g/mol. The second-order valence-electron chi connectivity index (χ2n) is 13.9. The lowest BCUT2D eigenvalue weighted by Crippen LogP contribution is -2.28. The molecule has 0 fully saturated rings. The Morgan fingerprint density at radius 1 is 0.327 bits per heavy atom. The van der Waals surface area contributed by atoms with E-state index in [-0.39, 0.29) is 0 Å². The highest BCUT2D eigenvalue weighted by Crippen LogP contribution is 2.56. The minimum atomic E-state index is -0.420. The van der Waals surface area contributed by atoms with E-state index in [1.165, 1.54) is 66.8 Å². The molecule has 0 aromatic heterocycles. The maximum Gasteiger partial charge on any atom is 0.0713 e. The molecule has 0 saturated carbocycles. The van der Waals surface area contributed by atoms with Crippen LogP contribution < -0.4 is 4.90 Å². The van der Waals surface area contributed by atoms with E-state index in [0.29, 0.717) is 0 Å². The first-order valence-corrected chi connectivity index (χ1v) is 18.1. The van der Waals surface area contributed by atoms with Crippen LogP contribution in [0.5, 0.6) is 0 Å². The third-order valence-corrected chi connectivity index (χ3v) is 10.6. The minimum absolute atomic E-state index is 0.420. The molecule has 52 heavy (non-hydrogen) atoms. The Bertz CT molecular complexity index is 2440. The molecule has 0 unspecified atom stereocenters. The molecule has 1 nitrogen and oxygen atoms in total. The van der Waals surface area contributed by atoms with Crippen molar-refractivity contribution in [3.05, 3.63) is 234 Å². The molecule has 0 N–H and O–H groups in total. The van der Waals surface area contributed by atoms with Crippen LogP contribution in [0.1, 0.15) is 33.4 Å². The Labute approximate surface area is 307 Å². The van der Waals surface area contributed by atoms with Gasteiger partial charge in [-0.1, -0.05) is 158 Å². The summed E-state index contributed by atoms with van der Waals surface area (Å²) in [6, 6.07) is 73.4. The van der Waals surface area contributed by atoms with E-state index in [4.69, 9.17) is 0 Å². The number of hydrogen-bond acceptors (Lipinski definition) is 1. The number of benzene rings is 8. The molecule has 1 aliphatic rings. The topological polar surface area (TPSA) is 3.24 Å². The highest BCUT2D eigenvalue weighted by molar-refractivity contribution is 5.89. The molecule has 248 valence electrons. The van der Waals surface area contributed by atoms with Gasteiger partial charge in [0.25, 0.3) is 0 Å². The van der Waals surface area contributed by atoms with Crippen molar-refractivity contribution < 1.29 is 0 Å². The normalized spacial score (nSPS) is 12.6. The number of anilines is 3. The number of aryl methyl sites for hydroxylation is 2. The van der Waals surface area contributed by atoms with Gasteiger partial charge in [0.15, 0.2) is 0 Å². The molecule has 0 heterocycles. The summed E-state index contributed by atoms with van der Waals surface area (Å²) in [6.45, 7) is 4.35. The van der Waals surface area contributed by atoms with E-state index >= 15 is 0 Å². The van der Waals surface area contributed by atoms with E-state index in [2.05, 4.69) is 219 Å². The monoisotopic (exact) mass is 665 g/mol. The van der Waals surface area contributed by atoms with Gasteiger partial charge in [-0.2, -0.15) is 0 Å². The second kappa shape index (κ2) is 13.0. The summed E-state index contributed by atoms with van der Waals surface area (Å²) in [5.74, 6) is 0. The van der Waals surface area contributed by atoms with Gasteiger partial charge in [-0.05, 0) is 123 Å². The predicted molar refractivity (Wildman–Crippen MR) is 219 cm³/mol. The van der Waals surface area contributed by atoms with Gasteiger partial charge in [0, 0.05) is 17.1 Å². The number of rotatable bonds is 7. The van der Waals surface area contributed by atoms with Crippen molar-refractivity contribution >= 4 is 17.1 Å². The molecule has 8 aromatic rings. The van der Waals surface area contributed by atoms with Crippen LogP contribution >= 0.6 is 0 Å². The molecule has 9 rings (SSSR count). The zero-order chi connectivity index (χ0) is 35.1. The maximum atomic E-state index is 2.44. The Hall–Kier alpha value is -6.44. The first-order valence-electron chi connectivity index (χ1n) is 18.1. The third-order valence-electron chi connectivity index (χ3n) is 10.6. The van der Waals surface area contributed by atoms with Gasteiger partial charge < -0.3 is 4.90 Å². The molecule has 8 aromatic carbocycles. The first-order chi connectivity index (χ1) is 25.6. The fourth-order valence-corrected chi connectivity index (χ4v) is 8.39. The number of hydrogen-bond donors (Lipinski definition) is 0. The van der Waals surface area contributed by atoms with Crippen LogP contribution in [-0.2, 0) is 5.41 Å². The van der Waals surface area contributed by atoms with E-state index < -0.39 is 5.41 Å². The lowest BCUT2D eigenvalue weighted by molar-refractivity contribution is 0.769. The minimum Gasteiger partial charge on any atom is -0.310 e. The predicted octanol–water partition coefficient (Wildman–Crippen LogP) is 13.5. The van der Waals surface area contributed by atoms with Gasteiger partial charge in [-0.25, -0.2) is 0 Å². The molecule has 0 radical (unpaired) electrons. The molecule has 0 saturated heterocycles. The lowest BCUT2D eigenvalue weighted by atomic mass is 9.67. The fraction of sp³-hybridized carbons (Fsp3) is 0.0588. The van der Waals surface area contributed by atoms with Gasteiger partial charge in [-0.3, -0.25) is 0 Å². The molecular formula is C51H39N.